The molecule has 2 heterocycles. The van der Waals surface area contributed by atoms with Crippen LogP contribution in [0.3, 0.4) is 0 Å². The Balaban J connectivity index is 2.37. The van der Waals surface area contributed by atoms with Crippen molar-refractivity contribution in [3.05, 3.63) is 0 Å². The second-order valence-electron chi connectivity index (χ2n) is 5.95. The Morgan fingerprint density at radius 2 is 1.40 bits per heavy atom. The Labute approximate surface area is 141 Å². The smallest absolute Gasteiger partial charge is 0.258 e. The maximum Gasteiger partial charge on any atom is 0.258 e. The molecule has 2 saturated heterocycles. The Morgan fingerprint density at radius 3 is 1.84 bits per heavy atom. The molecule has 25 heavy (non-hydrogen) atoms. The van der Waals surface area contributed by atoms with Crippen LogP contribution in [0.25, 0.3) is 0 Å². The van der Waals surface area contributed by atoms with Crippen LogP contribution < -0.4 is 0 Å². The van der Waals surface area contributed by atoms with Crippen LogP contribution in [-0.2, 0) is 19.0 Å². The number of aliphatic hydroxyl groups excluding tert-OH is 8. The molecule has 8 N–H and O–H groups in total. The SMILES string of the molecule is O=C[C@@]1(OC2(CO)O[C@H](CO)[C@@H](O)[C@@H]2O)O[C@H](CO)[C@@H](O)[C@H](O)[C@H]1O. The predicted molar refractivity (Wildman–Crippen MR) is 73.6 cm³/mol. The van der Waals surface area contributed by atoms with Crippen molar-refractivity contribution in [2.45, 2.75) is 54.3 Å². The first-order chi connectivity index (χ1) is 11.7. The van der Waals surface area contributed by atoms with E-state index in [0.29, 0.717) is 0 Å². The van der Waals surface area contributed by atoms with Crippen molar-refractivity contribution in [1.29, 1.82) is 0 Å². The van der Waals surface area contributed by atoms with Gasteiger partial charge in [0.2, 0.25) is 5.79 Å². The molecule has 9 atom stereocenters. The third-order valence-electron chi connectivity index (χ3n) is 4.38. The van der Waals surface area contributed by atoms with E-state index in [1.165, 1.54) is 0 Å². The van der Waals surface area contributed by atoms with E-state index in [1.807, 2.05) is 0 Å². The van der Waals surface area contributed by atoms with Crippen molar-refractivity contribution in [2.75, 3.05) is 19.8 Å². The van der Waals surface area contributed by atoms with Gasteiger partial charge in [-0.15, -0.1) is 0 Å². The summed E-state index contributed by atoms with van der Waals surface area (Å²) in [5.41, 5.74) is 0. The second-order valence-corrected chi connectivity index (χ2v) is 5.95. The number of hydrogen-bond donors (Lipinski definition) is 8. The molecule has 2 fully saturated rings. The van der Waals surface area contributed by atoms with Crippen LogP contribution in [0.4, 0.5) is 0 Å². The maximum absolute atomic E-state index is 11.6. The molecular weight excluding hydrogens is 348 g/mol. The summed E-state index contributed by atoms with van der Waals surface area (Å²) in [5.74, 6) is -5.24. The molecule has 12 nitrogen and oxygen atoms in total. The van der Waals surface area contributed by atoms with E-state index in [-0.39, 0.29) is 6.29 Å². The number of carbonyl (C=O) groups excluding carboxylic acids is 1. The van der Waals surface area contributed by atoms with Crippen molar-refractivity contribution in [3.63, 3.8) is 0 Å². The van der Waals surface area contributed by atoms with Gasteiger partial charge in [-0.25, -0.2) is 0 Å². The number of rotatable bonds is 6. The van der Waals surface area contributed by atoms with E-state index >= 15 is 0 Å². The highest BCUT2D eigenvalue weighted by atomic mass is 16.8. The third kappa shape index (κ3) is 3.20. The molecule has 0 spiro atoms. The van der Waals surface area contributed by atoms with Crippen molar-refractivity contribution in [1.82, 2.24) is 0 Å². The molecule has 2 aliphatic heterocycles. The average molecular weight is 370 g/mol. The number of carbonyl (C=O) groups is 1. The average Bonchev–Trinajstić information content (AvgIpc) is 2.87. The molecule has 146 valence electrons. The first-order valence-electron chi connectivity index (χ1n) is 7.47. The molecule has 0 bridgehead atoms. The summed E-state index contributed by atoms with van der Waals surface area (Å²) in [5, 5.41) is 77.5. The molecule has 0 aromatic heterocycles. The first kappa shape index (κ1) is 20.5. The first-order valence-corrected chi connectivity index (χ1v) is 7.47. The van der Waals surface area contributed by atoms with Crippen molar-refractivity contribution in [3.8, 4) is 0 Å². The van der Waals surface area contributed by atoms with Gasteiger partial charge in [0, 0.05) is 0 Å². The van der Waals surface area contributed by atoms with Gasteiger partial charge in [-0.1, -0.05) is 0 Å². The molecule has 0 saturated carbocycles. The van der Waals surface area contributed by atoms with Gasteiger partial charge in [0.1, 0.15) is 49.3 Å². The number of ether oxygens (including phenoxy) is 3. The Kier molecular flexibility index (Phi) is 6.13. The van der Waals surface area contributed by atoms with Crippen LogP contribution in [0.5, 0.6) is 0 Å². The van der Waals surface area contributed by atoms with Crippen LogP contribution in [0.1, 0.15) is 0 Å². The zero-order valence-corrected chi connectivity index (χ0v) is 13.0. The molecule has 12 heteroatoms. The standard InChI is InChI=1S/C13H22O12/c14-1-5-7(18)9(20)11(22)13(4-17,23-5)25-12(3-16)10(21)8(19)6(2-15)24-12/h4-11,14-16,18-22H,1-3H2/t5-,6-,7-,8-,9+,10+,11-,12?,13+/m1/s1. The highest BCUT2D eigenvalue weighted by Gasteiger charge is 2.63. The summed E-state index contributed by atoms with van der Waals surface area (Å²) < 4.78 is 15.4. The third-order valence-corrected chi connectivity index (χ3v) is 4.38. The van der Waals surface area contributed by atoms with Crippen LogP contribution in [0.2, 0.25) is 0 Å². The lowest BCUT2D eigenvalue weighted by molar-refractivity contribution is -0.413. The molecule has 2 aliphatic rings. The zero-order valence-electron chi connectivity index (χ0n) is 13.0. The van der Waals surface area contributed by atoms with Crippen LogP contribution in [-0.4, -0.2) is 121 Å². The van der Waals surface area contributed by atoms with Crippen LogP contribution >= 0.6 is 0 Å². The summed E-state index contributed by atoms with van der Waals surface area (Å²) in [6.07, 6.45) is -12.6. The van der Waals surface area contributed by atoms with Crippen molar-refractivity contribution in [2.24, 2.45) is 0 Å². The van der Waals surface area contributed by atoms with Gasteiger partial charge in [-0.05, 0) is 0 Å². The minimum Gasteiger partial charge on any atom is -0.394 e. The minimum atomic E-state index is -2.75. The van der Waals surface area contributed by atoms with E-state index in [2.05, 4.69) is 0 Å². The summed E-state index contributed by atoms with van der Waals surface area (Å²) in [6, 6.07) is 0. The fourth-order valence-corrected chi connectivity index (χ4v) is 2.89. The largest absolute Gasteiger partial charge is 0.394 e. The number of hydrogen-bond acceptors (Lipinski definition) is 12. The molecule has 0 amide bonds. The molecule has 2 rings (SSSR count). The van der Waals surface area contributed by atoms with E-state index in [1.54, 1.807) is 0 Å². The van der Waals surface area contributed by atoms with Gasteiger partial charge in [0.25, 0.3) is 5.79 Å². The van der Waals surface area contributed by atoms with Gasteiger partial charge < -0.3 is 55.1 Å². The quantitative estimate of drug-likeness (QED) is 0.206. The molecule has 0 aromatic rings. The zero-order chi connectivity index (χ0) is 19.0. The second kappa shape index (κ2) is 7.46. The highest BCUT2D eigenvalue weighted by Crippen LogP contribution is 2.39. The maximum atomic E-state index is 11.6. The van der Waals surface area contributed by atoms with Gasteiger partial charge in [-0.2, -0.15) is 0 Å². The van der Waals surface area contributed by atoms with E-state index in [9.17, 15) is 40.5 Å². The lowest BCUT2D eigenvalue weighted by atomic mass is 9.92. The Bertz CT molecular complexity index is 474. The van der Waals surface area contributed by atoms with E-state index < -0.39 is 74.1 Å². The summed E-state index contributed by atoms with van der Waals surface area (Å²) in [4.78, 5) is 11.6. The molecule has 1 unspecified atom stereocenters. The monoisotopic (exact) mass is 370 g/mol. The van der Waals surface area contributed by atoms with Crippen LogP contribution in [0, 0.1) is 0 Å². The lowest BCUT2D eigenvalue weighted by Gasteiger charge is -2.48. The van der Waals surface area contributed by atoms with Crippen molar-refractivity contribution >= 4 is 6.29 Å². The van der Waals surface area contributed by atoms with E-state index in [4.69, 9.17) is 19.3 Å². The van der Waals surface area contributed by atoms with Gasteiger partial charge in [0.05, 0.1) is 13.2 Å². The number of aliphatic hydroxyl groups is 8. The van der Waals surface area contributed by atoms with Crippen LogP contribution in [0.15, 0.2) is 0 Å². The predicted octanol–water partition coefficient (Wildman–Crippen LogP) is -5.83. The molecule has 0 aromatic carbocycles. The van der Waals surface area contributed by atoms with Gasteiger partial charge in [-0.3, -0.25) is 4.79 Å². The summed E-state index contributed by atoms with van der Waals surface area (Å²) in [7, 11) is 0. The molecule has 0 radical (unpaired) electrons. The normalized spacial score (nSPS) is 50.8. The van der Waals surface area contributed by atoms with E-state index in [0.717, 1.165) is 0 Å². The van der Waals surface area contributed by atoms with Crippen molar-refractivity contribution < 1.29 is 59.9 Å². The summed E-state index contributed by atoms with van der Waals surface area (Å²) >= 11 is 0. The minimum absolute atomic E-state index is 0.110. The highest BCUT2D eigenvalue weighted by molar-refractivity contribution is 5.62. The number of aldehydes is 1. The topological polar surface area (TPSA) is 207 Å². The Hall–Kier alpha value is -0.770. The Morgan fingerprint density at radius 1 is 0.840 bits per heavy atom. The summed E-state index contributed by atoms with van der Waals surface area (Å²) in [6.45, 7) is -2.75. The fraction of sp³-hybridized carbons (Fsp3) is 0.923. The molecular formula is C13H22O12. The van der Waals surface area contributed by atoms with Gasteiger partial charge in [0.15, 0.2) is 6.29 Å². The fourth-order valence-electron chi connectivity index (χ4n) is 2.89. The van der Waals surface area contributed by atoms with Gasteiger partial charge >= 0.3 is 0 Å². The lowest BCUT2D eigenvalue weighted by Crippen LogP contribution is -2.70. The molecule has 0 aliphatic carbocycles.